The van der Waals surface area contributed by atoms with Crippen molar-refractivity contribution in [2.24, 2.45) is 0 Å². The van der Waals surface area contributed by atoms with Gasteiger partial charge in [-0.15, -0.1) is 0 Å². The van der Waals surface area contributed by atoms with Gasteiger partial charge < -0.3 is 29.7 Å². The van der Waals surface area contributed by atoms with Gasteiger partial charge in [-0.1, -0.05) is 6.07 Å². The van der Waals surface area contributed by atoms with Crippen LogP contribution < -0.4 is 20.6 Å². The van der Waals surface area contributed by atoms with E-state index in [-0.39, 0.29) is 16.8 Å². The number of aromatic amines is 2. The van der Waals surface area contributed by atoms with Crippen LogP contribution in [0.15, 0.2) is 12.1 Å². The highest BCUT2D eigenvalue weighted by Gasteiger charge is 2.42. The first kappa shape index (κ1) is 24.4. The Labute approximate surface area is 212 Å². The van der Waals surface area contributed by atoms with Gasteiger partial charge >= 0.3 is 6.18 Å². The van der Waals surface area contributed by atoms with Crippen LogP contribution in [0.25, 0.3) is 22.8 Å². The molecule has 0 radical (unpaired) electrons. The predicted octanol–water partition coefficient (Wildman–Crippen LogP) is 3.51. The van der Waals surface area contributed by atoms with Crippen LogP contribution in [0, 0.1) is 0 Å². The van der Waals surface area contributed by atoms with Gasteiger partial charge in [0, 0.05) is 24.2 Å². The quantitative estimate of drug-likeness (QED) is 0.469. The van der Waals surface area contributed by atoms with E-state index in [9.17, 15) is 13.2 Å². The first-order valence-electron chi connectivity index (χ1n) is 13.0. The molecule has 37 heavy (non-hydrogen) atoms. The minimum atomic E-state index is -4.47. The number of aromatic nitrogens is 3. The summed E-state index contributed by atoms with van der Waals surface area (Å²) in [6.45, 7) is 4.49. The lowest BCUT2D eigenvalue weighted by Crippen LogP contribution is -2.45. The number of methoxy groups -OCH3 is 1. The van der Waals surface area contributed by atoms with Crippen molar-refractivity contribution in [3.05, 3.63) is 45.3 Å². The number of hydrogen-bond donors (Lipinski definition) is 3. The Bertz CT molecular complexity index is 1450. The maximum Gasteiger partial charge on any atom is 0.418 e. The second kappa shape index (κ2) is 9.09. The van der Waals surface area contributed by atoms with Crippen molar-refractivity contribution in [2.45, 2.75) is 56.8 Å². The van der Waals surface area contributed by atoms with Gasteiger partial charge in [0.15, 0.2) is 12.0 Å². The van der Waals surface area contributed by atoms with E-state index in [0.29, 0.717) is 34.8 Å². The zero-order valence-electron chi connectivity index (χ0n) is 21.3. The molecule has 10 heteroatoms. The number of alkyl halides is 3. The lowest BCUT2D eigenvalue weighted by molar-refractivity contribution is -0.138. The van der Waals surface area contributed by atoms with Crippen molar-refractivity contribution >= 4 is 22.8 Å². The Morgan fingerprint density at radius 3 is 2.49 bits per heavy atom. The monoisotopic (exact) mass is 515 g/mol. The van der Waals surface area contributed by atoms with Gasteiger partial charge in [0.2, 0.25) is 0 Å². The largest absolute Gasteiger partial charge is 0.491 e. The number of ether oxygens (including phenoxy) is 2. The molecule has 4 heterocycles. The molecule has 0 bridgehead atoms. The highest BCUT2D eigenvalue weighted by Crippen LogP contribution is 2.44. The smallest absolute Gasteiger partial charge is 0.418 e. The van der Waals surface area contributed by atoms with Crippen LogP contribution in [0.1, 0.15) is 67.1 Å². The number of benzene rings is 1. The molecule has 0 spiro atoms. The molecule has 7 nitrogen and oxygen atoms in total. The molecular weight excluding hydrogens is 483 g/mol. The molecule has 6 rings (SSSR count). The molecule has 3 aliphatic rings. The van der Waals surface area contributed by atoms with Crippen LogP contribution in [0.2, 0.25) is 0 Å². The molecule has 198 valence electrons. The predicted molar refractivity (Wildman–Crippen MR) is 135 cm³/mol. The van der Waals surface area contributed by atoms with Gasteiger partial charge in [-0.2, -0.15) is 13.2 Å². The summed E-state index contributed by atoms with van der Waals surface area (Å²) in [6.07, 6.45) is -0.142. The summed E-state index contributed by atoms with van der Waals surface area (Å²) in [7, 11) is 3.66. The van der Waals surface area contributed by atoms with Crippen LogP contribution in [0.4, 0.5) is 13.2 Å². The topological polar surface area (TPSA) is 78.2 Å². The summed E-state index contributed by atoms with van der Waals surface area (Å²) < 4.78 is 54.3. The van der Waals surface area contributed by atoms with Gasteiger partial charge in [0.1, 0.15) is 11.3 Å². The fourth-order valence-corrected chi connectivity index (χ4v) is 5.81. The molecule has 1 atom stereocenters. The van der Waals surface area contributed by atoms with E-state index < -0.39 is 18.0 Å². The van der Waals surface area contributed by atoms with Gasteiger partial charge in [-0.3, -0.25) is 0 Å². The summed E-state index contributed by atoms with van der Waals surface area (Å²) in [4.78, 5) is 13.7. The average molecular weight is 516 g/mol. The molecule has 1 saturated carbocycles. The molecule has 1 saturated heterocycles. The zero-order valence-corrected chi connectivity index (χ0v) is 21.3. The van der Waals surface area contributed by atoms with Gasteiger partial charge in [-0.25, -0.2) is 4.98 Å². The first-order chi connectivity index (χ1) is 17.8. The molecule has 2 aromatic heterocycles. The number of likely N-dealkylation sites (tertiary alicyclic amines) is 1. The summed E-state index contributed by atoms with van der Waals surface area (Å²) >= 11 is 0. The van der Waals surface area contributed by atoms with Crippen molar-refractivity contribution in [1.82, 2.24) is 25.2 Å². The fourth-order valence-electron chi connectivity index (χ4n) is 5.81. The zero-order chi connectivity index (χ0) is 25.9. The van der Waals surface area contributed by atoms with Crippen molar-refractivity contribution < 1.29 is 22.6 Å². The van der Waals surface area contributed by atoms with E-state index in [4.69, 9.17) is 14.5 Å². The molecule has 1 aromatic carbocycles. The fraction of sp³-hybridized carbons (Fsp3) is 0.519. The molecule has 3 N–H and O–H groups in total. The van der Waals surface area contributed by atoms with E-state index >= 15 is 0 Å². The Balaban J connectivity index is 1.55. The molecule has 1 unspecified atom stereocenters. The van der Waals surface area contributed by atoms with E-state index in [2.05, 4.69) is 33.3 Å². The Kier molecular flexibility index (Phi) is 5.99. The van der Waals surface area contributed by atoms with Crippen LogP contribution >= 0.6 is 0 Å². The number of rotatable bonds is 6. The molecule has 3 aromatic rings. The van der Waals surface area contributed by atoms with E-state index in [1.54, 1.807) is 0 Å². The maximum atomic E-state index is 14.2. The lowest BCUT2D eigenvalue weighted by Gasteiger charge is -2.30. The van der Waals surface area contributed by atoms with Gasteiger partial charge in [0.05, 0.1) is 28.6 Å². The van der Waals surface area contributed by atoms with Crippen molar-refractivity contribution in [3.63, 3.8) is 0 Å². The summed E-state index contributed by atoms with van der Waals surface area (Å²) in [5.74, 6) is 1.49. The number of fused-ring (bicyclic) bond motifs is 2. The highest BCUT2D eigenvalue weighted by atomic mass is 19.4. The molecular formula is C27H32F3N5O2. The van der Waals surface area contributed by atoms with Gasteiger partial charge in [-0.05, 0) is 76.2 Å². The number of halogens is 3. The van der Waals surface area contributed by atoms with E-state index in [1.165, 1.54) is 13.3 Å². The first-order valence-corrected chi connectivity index (χ1v) is 13.0. The van der Waals surface area contributed by atoms with Crippen LogP contribution in [0.5, 0.6) is 5.75 Å². The normalized spacial score (nSPS) is 21.1. The minimum absolute atomic E-state index is 0.102. The third kappa shape index (κ3) is 4.20. The number of nitrogens with one attached hydrogen (secondary N) is 3. The van der Waals surface area contributed by atoms with E-state index in [0.717, 1.165) is 55.6 Å². The molecule has 0 amide bonds. The van der Waals surface area contributed by atoms with Crippen molar-refractivity contribution in [1.29, 1.82) is 0 Å². The number of nitrogens with zero attached hydrogens (tertiary/aromatic N) is 2. The summed E-state index contributed by atoms with van der Waals surface area (Å²) in [5.41, 5.74) is 2.78. The Hall–Kier alpha value is -2.98. The summed E-state index contributed by atoms with van der Waals surface area (Å²) in [6, 6.07) is 4.10. The number of H-pyrrole nitrogens is 2. The molecule has 1 aliphatic carbocycles. The van der Waals surface area contributed by atoms with Crippen LogP contribution in [0.3, 0.4) is 0 Å². The third-order valence-electron chi connectivity index (χ3n) is 7.82. The number of piperidine rings is 1. The second-order valence-electron chi connectivity index (χ2n) is 10.3. The number of imidazole rings is 1. The van der Waals surface area contributed by atoms with Crippen LogP contribution in [-0.4, -0.2) is 59.9 Å². The van der Waals surface area contributed by atoms with Crippen molar-refractivity contribution in [2.75, 3.05) is 33.9 Å². The second-order valence-corrected chi connectivity index (χ2v) is 10.3. The summed E-state index contributed by atoms with van der Waals surface area (Å²) in [5, 5.41) is 3.51. The van der Waals surface area contributed by atoms with Crippen LogP contribution in [-0.2, 0) is 10.9 Å². The average Bonchev–Trinajstić information content (AvgIpc) is 3.50. The minimum Gasteiger partial charge on any atom is -0.491 e. The number of hydrogen-bond acceptors (Lipinski definition) is 5. The Morgan fingerprint density at radius 1 is 1.08 bits per heavy atom. The SMILES string of the molecule is CCOc1c(C2CCN(C)CC2)ccc2[nH]c(C3=c4[nH]c(C5CC5)c(C(F)(F)F)c4=CNC3OC)nc12. The van der Waals surface area contributed by atoms with E-state index in [1.807, 2.05) is 13.0 Å². The molecule has 2 aliphatic heterocycles. The molecule has 2 fully saturated rings. The highest BCUT2D eigenvalue weighted by molar-refractivity contribution is 5.86. The Morgan fingerprint density at radius 2 is 1.84 bits per heavy atom. The van der Waals surface area contributed by atoms with Gasteiger partial charge in [0.25, 0.3) is 0 Å². The lowest BCUT2D eigenvalue weighted by atomic mass is 9.88. The third-order valence-corrected chi connectivity index (χ3v) is 7.82. The maximum absolute atomic E-state index is 14.2. The standard InChI is InChI=1S/C27H32F3N5O2/c1-4-37-24-16(14-9-11-35(2)12-10-14)7-8-18-23(24)34-25(32-18)19-22-17(13-31-26(19)36-3)20(27(28,29)30)21(33-22)15-5-6-15/h7-8,13-15,26,31,33H,4-6,9-12H2,1-3H3,(H,32,34). The van der Waals surface area contributed by atoms with Crippen molar-refractivity contribution in [3.8, 4) is 5.75 Å².